The Morgan fingerprint density at radius 2 is 1.71 bits per heavy atom. The molecule has 1 amide bonds. The summed E-state index contributed by atoms with van der Waals surface area (Å²) in [6.07, 6.45) is 1.78. The number of Topliss-reactive ketones (excluding diaryl/α,β-unsaturated/α-hetero) is 1. The molecular formula is C17H14N2O2. The fraction of sp³-hybridized carbons (Fsp3) is 0.0588. The summed E-state index contributed by atoms with van der Waals surface area (Å²) in [5.74, 6) is -1.17. The van der Waals surface area contributed by atoms with Crippen molar-refractivity contribution >= 4 is 22.9 Å². The van der Waals surface area contributed by atoms with E-state index >= 15 is 0 Å². The highest BCUT2D eigenvalue weighted by molar-refractivity contribution is 6.46. The first kappa shape index (κ1) is 13.1. The lowest BCUT2D eigenvalue weighted by Crippen LogP contribution is -2.24. The largest absolute Gasteiger partial charge is 0.319 e. The van der Waals surface area contributed by atoms with E-state index in [1.54, 1.807) is 34.9 Å². The second-order valence-corrected chi connectivity index (χ2v) is 4.82. The number of aromatic nitrogens is 1. The van der Waals surface area contributed by atoms with Gasteiger partial charge >= 0.3 is 0 Å². The molecule has 4 heteroatoms. The smallest absolute Gasteiger partial charge is 0.298 e. The van der Waals surface area contributed by atoms with Gasteiger partial charge in [-0.25, -0.2) is 0 Å². The van der Waals surface area contributed by atoms with E-state index in [1.807, 2.05) is 37.3 Å². The van der Waals surface area contributed by atoms with E-state index in [1.165, 1.54) is 0 Å². The molecule has 0 radical (unpaired) electrons. The lowest BCUT2D eigenvalue weighted by atomic mass is 10.2. The Bertz CT molecular complexity index is 819. The minimum absolute atomic E-state index is 0.402. The van der Waals surface area contributed by atoms with E-state index in [-0.39, 0.29) is 0 Å². The molecule has 2 heterocycles. The van der Waals surface area contributed by atoms with Gasteiger partial charge in [0, 0.05) is 17.4 Å². The first-order valence-electron chi connectivity index (χ1n) is 6.64. The van der Waals surface area contributed by atoms with Crippen molar-refractivity contribution in [3.05, 3.63) is 72.1 Å². The Labute approximate surface area is 122 Å². The van der Waals surface area contributed by atoms with E-state index in [2.05, 4.69) is 5.32 Å². The number of fused-ring (bicyclic) bond motifs is 1. The third-order valence-electron chi connectivity index (χ3n) is 3.32. The number of rotatable bonds is 3. The SMILES string of the molecule is Cc1cc2ccccn2c1C(=O)C(=O)Nc1ccccc1. The van der Waals surface area contributed by atoms with E-state index in [4.69, 9.17) is 0 Å². The van der Waals surface area contributed by atoms with Crippen LogP contribution in [0.5, 0.6) is 0 Å². The average molecular weight is 278 g/mol. The highest BCUT2D eigenvalue weighted by atomic mass is 16.2. The fourth-order valence-corrected chi connectivity index (χ4v) is 2.36. The molecule has 0 unspecified atom stereocenters. The van der Waals surface area contributed by atoms with Gasteiger partial charge in [-0.1, -0.05) is 24.3 Å². The predicted octanol–water partition coefficient (Wildman–Crippen LogP) is 3.07. The van der Waals surface area contributed by atoms with Crippen molar-refractivity contribution < 1.29 is 9.59 Å². The molecule has 1 aromatic carbocycles. The van der Waals surface area contributed by atoms with Crippen LogP contribution >= 0.6 is 0 Å². The van der Waals surface area contributed by atoms with Crippen molar-refractivity contribution in [2.45, 2.75) is 6.92 Å². The van der Waals surface area contributed by atoms with E-state index in [0.29, 0.717) is 11.4 Å². The summed E-state index contributed by atoms with van der Waals surface area (Å²) >= 11 is 0. The van der Waals surface area contributed by atoms with Gasteiger partial charge in [0.05, 0.1) is 0 Å². The quantitative estimate of drug-likeness (QED) is 0.591. The average Bonchev–Trinajstić information content (AvgIpc) is 2.83. The summed E-state index contributed by atoms with van der Waals surface area (Å²) in [5, 5.41) is 2.62. The molecule has 4 nitrogen and oxygen atoms in total. The van der Waals surface area contributed by atoms with Crippen molar-refractivity contribution in [1.82, 2.24) is 4.40 Å². The molecule has 0 aliphatic carbocycles. The molecule has 2 aromatic heterocycles. The minimum atomic E-state index is -0.631. The zero-order valence-electron chi connectivity index (χ0n) is 11.5. The number of carbonyl (C=O) groups excluding carboxylic acids is 2. The Kier molecular flexibility index (Phi) is 3.28. The standard InChI is InChI=1S/C17H14N2O2/c1-12-11-14-9-5-6-10-19(14)15(12)16(20)17(21)18-13-7-3-2-4-8-13/h2-11H,1H3,(H,18,21). The molecule has 1 N–H and O–H groups in total. The van der Waals surface area contributed by atoms with Crippen molar-refractivity contribution in [2.24, 2.45) is 0 Å². The zero-order chi connectivity index (χ0) is 14.8. The fourth-order valence-electron chi connectivity index (χ4n) is 2.36. The summed E-state index contributed by atoms with van der Waals surface area (Å²) in [6, 6.07) is 16.5. The summed E-state index contributed by atoms with van der Waals surface area (Å²) in [4.78, 5) is 24.5. The topological polar surface area (TPSA) is 50.6 Å². The number of nitrogens with one attached hydrogen (secondary N) is 1. The molecule has 0 fully saturated rings. The maximum atomic E-state index is 12.4. The van der Waals surface area contributed by atoms with Crippen LogP contribution in [0.4, 0.5) is 5.69 Å². The molecular weight excluding hydrogens is 264 g/mol. The Morgan fingerprint density at radius 3 is 2.48 bits per heavy atom. The van der Waals surface area contributed by atoms with E-state index in [9.17, 15) is 9.59 Å². The second kappa shape index (κ2) is 5.25. The molecule has 0 spiro atoms. The van der Waals surface area contributed by atoms with Gasteiger partial charge in [0.25, 0.3) is 11.7 Å². The van der Waals surface area contributed by atoms with Crippen LogP contribution in [0.15, 0.2) is 60.8 Å². The second-order valence-electron chi connectivity index (χ2n) is 4.82. The number of ketones is 1. The number of aryl methyl sites for hydroxylation is 1. The first-order chi connectivity index (χ1) is 10.2. The molecule has 0 saturated heterocycles. The van der Waals surface area contributed by atoms with Crippen LogP contribution in [0.2, 0.25) is 0 Å². The molecule has 0 bridgehead atoms. The number of amides is 1. The van der Waals surface area contributed by atoms with E-state index in [0.717, 1.165) is 11.1 Å². The molecule has 21 heavy (non-hydrogen) atoms. The van der Waals surface area contributed by atoms with Crippen LogP contribution in [0, 0.1) is 6.92 Å². The summed E-state index contributed by atoms with van der Waals surface area (Å²) in [5.41, 5.74) is 2.69. The molecule has 3 rings (SSSR count). The van der Waals surface area contributed by atoms with Gasteiger partial charge in [0.1, 0.15) is 5.69 Å². The van der Waals surface area contributed by atoms with Gasteiger partial charge in [0.2, 0.25) is 0 Å². The molecule has 0 saturated carbocycles. The van der Waals surface area contributed by atoms with Gasteiger partial charge in [-0.3, -0.25) is 9.59 Å². The predicted molar refractivity (Wildman–Crippen MR) is 81.5 cm³/mol. The molecule has 104 valence electrons. The van der Waals surface area contributed by atoms with Crippen LogP contribution in [-0.4, -0.2) is 16.1 Å². The monoisotopic (exact) mass is 278 g/mol. The summed E-state index contributed by atoms with van der Waals surface area (Å²) in [7, 11) is 0. The Balaban J connectivity index is 1.93. The van der Waals surface area contributed by atoms with Crippen LogP contribution < -0.4 is 5.32 Å². The normalized spacial score (nSPS) is 10.5. The zero-order valence-corrected chi connectivity index (χ0v) is 11.5. The van der Waals surface area contributed by atoms with Crippen molar-refractivity contribution in [2.75, 3.05) is 5.32 Å². The van der Waals surface area contributed by atoms with E-state index < -0.39 is 11.7 Å². The lowest BCUT2D eigenvalue weighted by molar-refractivity contribution is -0.112. The van der Waals surface area contributed by atoms with Gasteiger partial charge in [-0.2, -0.15) is 0 Å². The Hall–Kier alpha value is -2.88. The van der Waals surface area contributed by atoms with Crippen LogP contribution in [0.3, 0.4) is 0 Å². The van der Waals surface area contributed by atoms with Crippen molar-refractivity contribution in [3.63, 3.8) is 0 Å². The number of pyridine rings is 1. The maximum Gasteiger partial charge on any atom is 0.298 e. The number of benzene rings is 1. The minimum Gasteiger partial charge on any atom is -0.319 e. The van der Waals surface area contributed by atoms with Crippen LogP contribution in [0.1, 0.15) is 16.1 Å². The highest BCUT2D eigenvalue weighted by Crippen LogP contribution is 2.17. The molecule has 0 aliphatic rings. The number of nitrogens with zero attached hydrogens (tertiary/aromatic N) is 1. The van der Waals surface area contributed by atoms with Crippen molar-refractivity contribution in [3.8, 4) is 0 Å². The lowest BCUT2D eigenvalue weighted by Gasteiger charge is -2.05. The number of carbonyl (C=O) groups is 2. The number of anilines is 1. The third-order valence-corrected chi connectivity index (χ3v) is 3.32. The van der Waals surface area contributed by atoms with Gasteiger partial charge in [-0.15, -0.1) is 0 Å². The third kappa shape index (κ3) is 2.43. The summed E-state index contributed by atoms with van der Waals surface area (Å²) < 4.78 is 1.74. The Morgan fingerprint density at radius 1 is 1.00 bits per heavy atom. The maximum absolute atomic E-state index is 12.4. The van der Waals surface area contributed by atoms with Gasteiger partial charge < -0.3 is 9.72 Å². The highest BCUT2D eigenvalue weighted by Gasteiger charge is 2.22. The van der Waals surface area contributed by atoms with Crippen molar-refractivity contribution in [1.29, 1.82) is 0 Å². The first-order valence-corrected chi connectivity index (χ1v) is 6.64. The number of para-hydroxylation sites is 1. The molecule has 3 aromatic rings. The summed E-state index contributed by atoms with van der Waals surface area (Å²) in [6.45, 7) is 1.83. The number of hydrogen-bond donors (Lipinski definition) is 1. The molecule has 0 aliphatic heterocycles. The van der Waals surface area contributed by atoms with Gasteiger partial charge in [-0.05, 0) is 42.8 Å². The van der Waals surface area contributed by atoms with Gasteiger partial charge in [0.15, 0.2) is 0 Å². The number of hydrogen-bond acceptors (Lipinski definition) is 2. The molecule has 0 atom stereocenters. The van der Waals surface area contributed by atoms with Crippen LogP contribution in [0.25, 0.3) is 5.52 Å². The van der Waals surface area contributed by atoms with Crippen LogP contribution in [-0.2, 0) is 4.79 Å².